The third kappa shape index (κ3) is 4.23. The molecule has 0 spiro atoms. The first-order chi connectivity index (χ1) is 14.3. The van der Waals surface area contributed by atoms with Crippen molar-refractivity contribution in [2.45, 2.75) is 36.6 Å². The molecular formula is C21H25N5O2S2. The quantitative estimate of drug-likeness (QED) is 0.624. The van der Waals surface area contributed by atoms with Crippen molar-refractivity contribution >= 4 is 27.7 Å². The van der Waals surface area contributed by atoms with Crippen LogP contribution < -0.4 is 4.72 Å². The summed E-state index contributed by atoms with van der Waals surface area (Å²) in [4.78, 5) is 0. The Kier molecular flexibility index (Phi) is 5.86. The molecule has 158 valence electrons. The van der Waals surface area contributed by atoms with Crippen molar-refractivity contribution in [1.29, 1.82) is 0 Å². The Balaban J connectivity index is 1.61. The van der Waals surface area contributed by atoms with Gasteiger partial charge in [0.15, 0.2) is 5.16 Å². The number of fused-ring (bicyclic) bond motifs is 1. The second-order valence-corrected chi connectivity index (χ2v) is 10.6. The van der Waals surface area contributed by atoms with Crippen molar-refractivity contribution in [3.05, 3.63) is 65.5 Å². The monoisotopic (exact) mass is 443 g/mol. The molecule has 1 unspecified atom stereocenters. The number of rotatable bonds is 6. The van der Waals surface area contributed by atoms with Crippen molar-refractivity contribution in [1.82, 2.24) is 19.1 Å². The fourth-order valence-corrected chi connectivity index (χ4v) is 5.55. The summed E-state index contributed by atoms with van der Waals surface area (Å²) in [6.45, 7) is 1.96. The minimum atomic E-state index is -3.52. The molecule has 2 aromatic carbocycles. The van der Waals surface area contributed by atoms with E-state index in [-0.39, 0.29) is 5.25 Å². The molecule has 1 atom stereocenters. The lowest BCUT2D eigenvalue weighted by Crippen LogP contribution is -2.29. The zero-order valence-electron chi connectivity index (χ0n) is 17.2. The lowest BCUT2D eigenvalue weighted by atomic mass is 9.91. The lowest BCUT2D eigenvalue weighted by molar-refractivity contribution is 0.527. The second-order valence-electron chi connectivity index (χ2n) is 7.50. The normalized spacial score (nSPS) is 16.5. The van der Waals surface area contributed by atoms with Gasteiger partial charge < -0.3 is 0 Å². The van der Waals surface area contributed by atoms with Crippen LogP contribution >= 0.6 is 11.8 Å². The maximum atomic E-state index is 12.1. The van der Waals surface area contributed by atoms with Crippen molar-refractivity contribution in [2.24, 2.45) is 0 Å². The van der Waals surface area contributed by atoms with E-state index in [2.05, 4.69) is 31.6 Å². The molecule has 0 saturated carbocycles. The molecule has 1 aliphatic carbocycles. The van der Waals surface area contributed by atoms with E-state index in [1.54, 1.807) is 11.8 Å². The molecule has 1 aromatic heterocycles. The van der Waals surface area contributed by atoms with Gasteiger partial charge in [-0.25, -0.2) is 0 Å². The molecule has 7 nitrogen and oxygen atoms in total. The SMILES string of the molecule is Cc1nnc(SC2CCCc3cc(NS(=O)(=O)N(C)C)ccc32)n1-c1ccccc1. The van der Waals surface area contributed by atoms with E-state index in [4.69, 9.17) is 0 Å². The molecule has 4 rings (SSSR count). The molecule has 0 fully saturated rings. The van der Waals surface area contributed by atoms with Crippen LogP contribution in [0.25, 0.3) is 5.69 Å². The maximum absolute atomic E-state index is 12.1. The highest BCUT2D eigenvalue weighted by molar-refractivity contribution is 7.99. The highest BCUT2D eigenvalue weighted by Gasteiger charge is 2.25. The number of nitrogens with one attached hydrogen (secondary N) is 1. The van der Waals surface area contributed by atoms with Gasteiger partial charge in [0, 0.05) is 25.0 Å². The first kappa shape index (κ1) is 20.9. The summed E-state index contributed by atoms with van der Waals surface area (Å²) >= 11 is 1.72. The Morgan fingerprint density at radius 3 is 2.63 bits per heavy atom. The van der Waals surface area contributed by atoms with Gasteiger partial charge in [-0.05, 0) is 61.6 Å². The molecule has 0 bridgehead atoms. The Hall–Kier alpha value is -2.36. The van der Waals surface area contributed by atoms with Gasteiger partial charge in [-0.1, -0.05) is 36.0 Å². The van der Waals surface area contributed by atoms with E-state index in [1.807, 2.05) is 43.3 Å². The Morgan fingerprint density at radius 1 is 1.13 bits per heavy atom. The summed E-state index contributed by atoms with van der Waals surface area (Å²) in [6.07, 6.45) is 3.03. The molecule has 1 N–H and O–H groups in total. The number of para-hydroxylation sites is 1. The molecule has 3 aromatic rings. The van der Waals surface area contributed by atoms with E-state index in [1.165, 1.54) is 29.5 Å². The van der Waals surface area contributed by atoms with Crippen molar-refractivity contribution < 1.29 is 8.42 Å². The minimum absolute atomic E-state index is 0.249. The smallest absolute Gasteiger partial charge is 0.274 e. The second kappa shape index (κ2) is 8.41. The van der Waals surface area contributed by atoms with Crippen LogP contribution in [0.1, 0.15) is 35.0 Å². The average molecular weight is 444 g/mol. The van der Waals surface area contributed by atoms with Crippen LogP contribution in [0.3, 0.4) is 0 Å². The van der Waals surface area contributed by atoms with E-state index in [9.17, 15) is 8.42 Å². The maximum Gasteiger partial charge on any atom is 0.301 e. The van der Waals surface area contributed by atoms with Gasteiger partial charge in [-0.2, -0.15) is 12.7 Å². The molecule has 30 heavy (non-hydrogen) atoms. The lowest BCUT2D eigenvalue weighted by Gasteiger charge is -2.26. The Labute approximate surface area is 181 Å². The molecule has 9 heteroatoms. The van der Waals surface area contributed by atoms with Crippen molar-refractivity contribution in [3.63, 3.8) is 0 Å². The predicted octanol–water partition coefficient (Wildman–Crippen LogP) is 3.96. The molecule has 0 amide bonds. The summed E-state index contributed by atoms with van der Waals surface area (Å²) in [5.41, 5.74) is 4.06. The van der Waals surface area contributed by atoms with Gasteiger partial charge in [0.2, 0.25) is 0 Å². The van der Waals surface area contributed by atoms with Crippen LogP contribution in [0.15, 0.2) is 53.7 Å². The summed E-state index contributed by atoms with van der Waals surface area (Å²) in [7, 11) is -0.492. The van der Waals surface area contributed by atoms with Crippen molar-refractivity contribution in [3.8, 4) is 5.69 Å². The summed E-state index contributed by atoms with van der Waals surface area (Å²) < 4.78 is 30.2. The number of nitrogens with zero attached hydrogens (tertiary/aromatic N) is 4. The predicted molar refractivity (Wildman–Crippen MR) is 120 cm³/mol. The van der Waals surface area contributed by atoms with Gasteiger partial charge in [-0.15, -0.1) is 10.2 Å². The zero-order valence-corrected chi connectivity index (χ0v) is 18.9. The molecule has 0 radical (unpaired) electrons. The number of benzene rings is 2. The van der Waals surface area contributed by atoms with E-state index >= 15 is 0 Å². The summed E-state index contributed by atoms with van der Waals surface area (Å²) in [5, 5.41) is 9.84. The number of aryl methyl sites for hydroxylation is 2. The number of anilines is 1. The van der Waals surface area contributed by atoms with Gasteiger partial charge in [0.1, 0.15) is 5.82 Å². The number of hydrogen-bond donors (Lipinski definition) is 1. The largest absolute Gasteiger partial charge is 0.301 e. The average Bonchev–Trinajstić information content (AvgIpc) is 3.08. The van der Waals surface area contributed by atoms with Crippen LogP contribution in [0, 0.1) is 6.92 Å². The third-order valence-electron chi connectivity index (χ3n) is 5.19. The van der Waals surface area contributed by atoms with Gasteiger partial charge >= 0.3 is 10.2 Å². The van der Waals surface area contributed by atoms with E-state index in [0.717, 1.165) is 35.9 Å². The number of aromatic nitrogens is 3. The van der Waals surface area contributed by atoms with Crippen LogP contribution in [-0.2, 0) is 16.6 Å². The number of hydrogen-bond acceptors (Lipinski definition) is 5. The number of thioether (sulfide) groups is 1. The summed E-state index contributed by atoms with van der Waals surface area (Å²) in [5.74, 6) is 0.855. The highest BCUT2D eigenvalue weighted by atomic mass is 32.2. The van der Waals surface area contributed by atoms with Crippen molar-refractivity contribution in [2.75, 3.05) is 18.8 Å². The van der Waals surface area contributed by atoms with Gasteiger partial charge in [-0.3, -0.25) is 9.29 Å². The Bertz CT molecular complexity index is 1140. The van der Waals surface area contributed by atoms with Gasteiger partial charge in [0.25, 0.3) is 0 Å². The molecule has 1 heterocycles. The fraction of sp³-hybridized carbons (Fsp3) is 0.333. The minimum Gasteiger partial charge on any atom is -0.274 e. The standard InChI is InChI=1S/C21H25N5O2S2/c1-15-22-23-21(26(15)18-9-5-4-6-10-18)29-20-11-7-8-16-14-17(12-13-19(16)20)24-30(27,28)25(2)3/h4-6,9-10,12-14,20,24H,7-8,11H2,1-3H3. The van der Waals surface area contributed by atoms with Crippen LogP contribution in [-0.4, -0.2) is 41.6 Å². The first-order valence-electron chi connectivity index (χ1n) is 9.82. The Morgan fingerprint density at radius 2 is 1.90 bits per heavy atom. The first-order valence-corrected chi connectivity index (χ1v) is 12.1. The van der Waals surface area contributed by atoms with Crippen LogP contribution in [0.4, 0.5) is 5.69 Å². The molecule has 0 saturated heterocycles. The van der Waals surface area contributed by atoms with Gasteiger partial charge in [0.05, 0.1) is 5.69 Å². The summed E-state index contributed by atoms with van der Waals surface area (Å²) in [6, 6.07) is 16.0. The molecule has 1 aliphatic rings. The van der Waals surface area contributed by atoms with Crippen LogP contribution in [0.2, 0.25) is 0 Å². The topological polar surface area (TPSA) is 80.1 Å². The van der Waals surface area contributed by atoms with E-state index in [0.29, 0.717) is 5.69 Å². The fourth-order valence-electron chi connectivity index (χ4n) is 3.62. The third-order valence-corrected chi connectivity index (χ3v) is 7.89. The molecule has 0 aliphatic heterocycles. The van der Waals surface area contributed by atoms with E-state index < -0.39 is 10.2 Å². The van der Waals surface area contributed by atoms with Crippen LogP contribution in [0.5, 0.6) is 0 Å². The molecular weight excluding hydrogens is 418 g/mol. The highest BCUT2D eigenvalue weighted by Crippen LogP contribution is 2.44. The zero-order chi connectivity index (χ0) is 21.3.